The van der Waals surface area contributed by atoms with E-state index in [0.717, 1.165) is 17.8 Å². The van der Waals surface area contributed by atoms with Crippen LogP contribution >= 0.6 is 0 Å². The molecule has 0 aliphatic heterocycles. The number of nitrogens with one attached hydrogen (secondary N) is 1. The summed E-state index contributed by atoms with van der Waals surface area (Å²) in [6.45, 7) is 13.4. The Labute approximate surface area is 180 Å². The van der Waals surface area contributed by atoms with E-state index in [2.05, 4.69) is 31.0 Å². The molecule has 2 rings (SSSR count). The lowest BCUT2D eigenvalue weighted by Gasteiger charge is -2.27. The number of sulfonamides is 1. The van der Waals surface area contributed by atoms with E-state index in [0.29, 0.717) is 30.4 Å². The number of hydrogen-bond donors (Lipinski definition) is 1. The summed E-state index contributed by atoms with van der Waals surface area (Å²) in [4.78, 5) is 15.3. The Kier molecular flexibility index (Phi) is 8.03. The highest BCUT2D eigenvalue weighted by Crippen LogP contribution is 2.23. The molecule has 7 heteroatoms. The summed E-state index contributed by atoms with van der Waals surface area (Å²) in [7, 11) is -3.63. The molecule has 2 aromatic carbocycles. The molecule has 1 N–H and O–H groups in total. The van der Waals surface area contributed by atoms with Crippen molar-refractivity contribution in [2.24, 2.45) is 0 Å². The van der Waals surface area contributed by atoms with Crippen molar-refractivity contribution < 1.29 is 13.2 Å². The van der Waals surface area contributed by atoms with Crippen LogP contribution in [0.3, 0.4) is 0 Å². The van der Waals surface area contributed by atoms with Gasteiger partial charge in [-0.05, 0) is 69.7 Å². The van der Waals surface area contributed by atoms with Crippen molar-refractivity contribution in [2.45, 2.75) is 52.5 Å². The van der Waals surface area contributed by atoms with Gasteiger partial charge in [0.25, 0.3) is 5.91 Å². The molecular formula is C23H33N3O3S. The minimum absolute atomic E-state index is 0.132. The second kappa shape index (κ2) is 10.1. The van der Waals surface area contributed by atoms with E-state index in [1.807, 2.05) is 24.3 Å². The van der Waals surface area contributed by atoms with Gasteiger partial charge in [-0.15, -0.1) is 0 Å². The normalized spacial score (nSPS) is 11.7. The van der Waals surface area contributed by atoms with Crippen molar-refractivity contribution in [3.8, 4) is 0 Å². The van der Waals surface area contributed by atoms with Gasteiger partial charge in [0.2, 0.25) is 10.0 Å². The van der Waals surface area contributed by atoms with Crippen molar-refractivity contribution in [1.29, 1.82) is 0 Å². The van der Waals surface area contributed by atoms with Gasteiger partial charge in [0.15, 0.2) is 0 Å². The number of benzene rings is 2. The van der Waals surface area contributed by atoms with E-state index in [1.165, 1.54) is 10.4 Å². The monoisotopic (exact) mass is 431 g/mol. The maximum Gasteiger partial charge on any atom is 0.255 e. The number of nitrogens with zero attached hydrogens (tertiary/aromatic N) is 2. The first kappa shape index (κ1) is 23.9. The Morgan fingerprint density at radius 1 is 0.967 bits per heavy atom. The first-order valence-electron chi connectivity index (χ1n) is 10.4. The molecule has 0 radical (unpaired) electrons. The number of carbonyl (C=O) groups excluding carboxylic acids is 1. The van der Waals surface area contributed by atoms with Crippen LogP contribution in [0.5, 0.6) is 0 Å². The van der Waals surface area contributed by atoms with E-state index in [4.69, 9.17) is 0 Å². The Morgan fingerprint density at radius 2 is 1.57 bits per heavy atom. The van der Waals surface area contributed by atoms with Gasteiger partial charge in [-0.1, -0.05) is 19.9 Å². The molecule has 0 spiro atoms. The van der Waals surface area contributed by atoms with E-state index in [9.17, 15) is 13.2 Å². The maximum absolute atomic E-state index is 12.9. The van der Waals surface area contributed by atoms with E-state index >= 15 is 0 Å². The van der Waals surface area contributed by atoms with E-state index in [-0.39, 0.29) is 10.8 Å². The number of rotatable bonds is 9. The summed E-state index contributed by atoms with van der Waals surface area (Å²) < 4.78 is 27.0. The summed E-state index contributed by atoms with van der Waals surface area (Å²) in [5.74, 6) is -0.326. The van der Waals surface area contributed by atoms with Gasteiger partial charge in [-0.3, -0.25) is 4.79 Å². The molecule has 2 aromatic rings. The van der Waals surface area contributed by atoms with Crippen molar-refractivity contribution in [1.82, 2.24) is 4.31 Å². The SMILES string of the molecule is CCN(c1ccc(NC(=O)c2cc(S(=O)(=O)N(CC)CC)ccc2C)cc1)C(C)C. The Balaban J connectivity index is 2.27. The van der Waals surface area contributed by atoms with Crippen molar-refractivity contribution in [3.63, 3.8) is 0 Å². The van der Waals surface area contributed by atoms with Gasteiger partial charge in [0.05, 0.1) is 4.90 Å². The molecule has 164 valence electrons. The third-order valence-electron chi connectivity index (χ3n) is 5.22. The zero-order valence-electron chi connectivity index (χ0n) is 18.8. The summed E-state index contributed by atoms with van der Waals surface area (Å²) in [6.07, 6.45) is 0. The highest BCUT2D eigenvalue weighted by Gasteiger charge is 2.23. The van der Waals surface area contributed by atoms with Crippen LogP contribution in [-0.2, 0) is 10.0 Å². The lowest BCUT2D eigenvalue weighted by molar-refractivity contribution is 0.102. The number of carbonyl (C=O) groups is 1. The minimum atomic E-state index is -3.63. The van der Waals surface area contributed by atoms with E-state index in [1.54, 1.807) is 32.9 Å². The molecule has 0 fully saturated rings. The van der Waals surface area contributed by atoms with Crippen LogP contribution in [0, 0.1) is 6.92 Å². The van der Waals surface area contributed by atoms with Crippen LogP contribution in [0.25, 0.3) is 0 Å². The van der Waals surface area contributed by atoms with Gasteiger partial charge in [0, 0.05) is 42.6 Å². The topological polar surface area (TPSA) is 69.7 Å². The molecule has 0 unspecified atom stereocenters. The Morgan fingerprint density at radius 3 is 2.07 bits per heavy atom. The molecule has 0 saturated carbocycles. The van der Waals surface area contributed by atoms with Crippen molar-refractivity contribution >= 4 is 27.3 Å². The maximum atomic E-state index is 12.9. The zero-order valence-corrected chi connectivity index (χ0v) is 19.6. The summed E-state index contributed by atoms with van der Waals surface area (Å²) in [5, 5.41) is 2.88. The third-order valence-corrected chi connectivity index (χ3v) is 7.26. The highest BCUT2D eigenvalue weighted by molar-refractivity contribution is 7.89. The molecule has 0 atom stereocenters. The van der Waals surface area contributed by atoms with Gasteiger partial charge in [-0.25, -0.2) is 8.42 Å². The molecule has 0 aromatic heterocycles. The third kappa shape index (κ3) is 5.21. The standard InChI is InChI=1S/C23H33N3O3S/c1-7-25(8-2)30(28,29)21-15-10-18(6)22(16-21)23(27)24-19-11-13-20(14-12-19)26(9-3)17(4)5/h10-17H,7-9H2,1-6H3,(H,24,27). The molecule has 30 heavy (non-hydrogen) atoms. The van der Waals surface area contributed by atoms with Crippen molar-refractivity contribution in [2.75, 3.05) is 29.9 Å². The van der Waals surface area contributed by atoms with Crippen LogP contribution in [-0.4, -0.2) is 44.3 Å². The van der Waals surface area contributed by atoms with Gasteiger partial charge < -0.3 is 10.2 Å². The fourth-order valence-corrected chi connectivity index (χ4v) is 4.98. The Bertz CT molecular complexity index is 966. The van der Waals surface area contributed by atoms with Gasteiger partial charge in [-0.2, -0.15) is 4.31 Å². The molecule has 0 bridgehead atoms. The van der Waals surface area contributed by atoms with Gasteiger partial charge in [0.1, 0.15) is 0 Å². The number of hydrogen-bond acceptors (Lipinski definition) is 4. The largest absolute Gasteiger partial charge is 0.369 e. The lowest BCUT2D eigenvalue weighted by Crippen LogP contribution is -2.31. The summed E-state index contributed by atoms with van der Waals surface area (Å²) in [6, 6.07) is 12.8. The first-order chi connectivity index (χ1) is 14.1. The fraction of sp³-hybridized carbons (Fsp3) is 0.435. The van der Waals surface area contributed by atoms with Crippen LogP contribution in [0.1, 0.15) is 50.5 Å². The predicted molar refractivity (Wildman–Crippen MR) is 124 cm³/mol. The molecular weight excluding hydrogens is 398 g/mol. The van der Waals surface area contributed by atoms with Crippen molar-refractivity contribution in [3.05, 3.63) is 53.6 Å². The molecule has 0 saturated heterocycles. The fourth-order valence-electron chi connectivity index (χ4n) is 3.50. The van der Waals surface area contributed by atoms with Crippen LogP contribution < -0.4 is 10.2 Å². The molecule has 1 amide bonds. The second-order valence-corrected chi connectivity index (χ2v) is 9.38. The smallest absolute Gasteiger partial charge is 0.255 e. The summed E-state index contributed by atoms with van der Waals surface area (Å²) >= 11 is 0. The number of aryl methyl sites for hydroxylation is 1. The summed E-state index contributed by atoms with van der Waals surface area (Å²) in [5.41, 5.74) is 2.83. The predicted octanol–water partition coefficient (Wildman–Crippen LogP) is 4.51. The molecule has 0 aliphatic rings. The minimum Gasteiger partial charge on any atom is -0.369 e. The average molecular weight is 432 g/mol. The molecule has 0 aliphatic carbocycles. The first-order valence-corrected chi connectivity index (χ1v) is 11.9. The Hall–Kier alpha value is -2.38. The average Bonchev–Trinajstić information content (AvgIpc) is 2.70. The number of anilines is 2. The second-order valence-electron chi connectivity index (χ2n) is 7.45. The number of amides is 1. The molecule has 6 nitrogen and oxygen atoms in total. The van der Waals surface area contributed by atoms with Crippen LogP contribution in [0.15, 0.2) is 47.4 Å². The zero-order chi connectivity index (χ0) is 22.5. The molecule has 0 heterocycles. The lowest BCUT2D eigenvalue weighted by atomic mass is 10.1. The van der Waals surface area contributed by atoms with Crippen LogP contribution in [0.4, 0.5) is 11.4 Å². The van der Waals surface area contributed by atoms with Gasteiger partial charge >= 0.3 is 0 Å². The van der Waals surface area contributed by atoms with Crippen LogP contribution in [0.2, 0.25) is 0 Å². The van der Waals surface area contributed by atoms with E-state index < -0.39 is 10.0 Å². The highest BCUT2D eigenvalue weighted by atomic mass is 32.2. The quantitative estimate of drug-likeness (QED) is 0.634.